The number of amides is 1. The molecular formula is C23H22ClN3O4. The van der Waals surface area contributed by atoms with Crippen LogP contribution in [0.1, 0.15) is 21.6 Å². The molecule has 1 heterocycles. The predicted octanol–water partition coefficient (Wildman–Crippen LogP) is 4.50. The Kier molecular flexibility index (Phi) is 7.10. The van der Waals surface area contributed by atoms with Crippen LogP contribution in [0.2, 0.25) is 5.02 Å². The van der Waals surface area contributed by atoms with Gasteiger partial charge in [0.25, 0.3) is 5.91 Å². The highest BCUT2D eigenvalue weighted by molar-refractivity contribution is 6.30. The van der Waals surface area contributed by atoms with E-state index in [2.05, 4.69) is 15.5 Å². The summed E-state index contributed by atoms with van der Waals surface area (Å²) in [7, 11) is 4.59. The SMILES string of the molecule is COc1cc(/C=N/NC(=O)c2ccc(-c3cccc(Cl)c3)nc2C)cc(OC)c1OC. The molecule has 0 fully saturated rings. The highest BCUT2D eigenvalue weighted by Crippen LogP contribution is 2.37. The first-order valence-electron chi connectivity index (χ1n) is 9.33. The number of nitrogens with one attached hydrogen (secondary N) is 1. The fraction of sp³-hybridized carbons (Fsp3) is 0.174. The first-order valence-corrected chi connectivity index (χ1v) is 9.71. The Morgan fingerprint density at radius 3 is 2.32 bits per heavy atom. The molecule has 0 saturated carbocycles. The molecule has 0 aliphatic carbocycles. The summed E-state index contributed by atoms with van der Waals surface area (Å²) in [6, 6.07) is 14.3. The standard InChI is InChI=1S/C23H22ClN3O4/c1-14-18(8-9-19(26-14)16-6-5-7-17(24)12-16)23(28)27-25-13-15-10-20(29-2)22(31-4)21(11-15)30-3/h5-13H,1-4H3,(H,27,28)/b25-13+. The Bertz CT molecular complexity index is 1110. The van der Waals surface area contributed by atoms with Gasteiger partial charge in [-0.3, -0.25) is 9.78 Å². The minimum atomic E-state index is -0.369. The molecule has 0 spiro atoms. The topological polar surface area (TPSA) is 82.0 Å². The van der Waals surface area contributed by atoms with Gasteiger partial charge in [0.15, 0.2) is 11.5 Å². The first-order chi connectivity index (χ1) is 15.0. The van der Waals surface area contributed by atoms with Crippen molar-refractivity contribution in [1.29, 1.82) is 0 Å². The lowest BCUT2D eigenvalue weighted by Gasteiger charge is -2.12. The van der Waals surface area contributed by atoms with Gasteiger partial charge >= 0.3 is 0 Å². The first kappa shape index (κ1) is 22.1. The number of aryl methyl sites for hydroxylation is 1. The number of carbonyl (C=O) groups is 1. The number of nitrogens with zero attached hydrogens (tertiary/aromatic N) is 2. The van der Waals surface area contributed by atoms with Crippen molar-refractivity contribution in [3.63, 3.8) is 0 Å². The fourth-order valence-corrected chi connectivity index (χ4v) is 3.20. The number of halogens is 1. The fourth-order valence-electron chi connectivity index (χ4n) is 3.01. The Morgan fingerprint density at radius 1 is 1.03 bits per heavy atom. The van der Waals surface area contributed by atoms with Crippen LogP contribution >= 0.6 is 11.6 Å². The van der Waals surface area contributed by atoms with Crippen molar-refractivity contribution >= 4 is 23.7 Å². The molecule has 0 aliphatic heterocycles. The molecule has 3 rings (SSSR count). The summed E-state index contributed by atoms with van der Waals surface area (Å²) < 4.78 is 15.9. The highest BCUT2D eigenvalue weighted by atomic mass is 35.5. The lowest BCUT2D eigenvalue weighted by Crippen LogP contribution is -2.19. The van der Waals surface area contributed by atoms with Crippen LogP contribution in [0.5, 0.6) is 17.2 Å². The Balaban J connectivity index is 1.76. The summed E-state index contributed by atoms with van der Waals surface area (Å²) in [5, 5.41) is 4.66. The third kappa shape index (κ3) is 5.13. The maximum absolute atomic E-state index is 12.5. The zero-order valence-corrected chi connectivity index (χ0v) is 18.4. The van der Waals surface area contributed by atoms with E-state index in [1.807, 2.05) is 18.2 Å². The second-order valence-electron chi connectivity index (χ2n) is 6.50. The van der Waals surface area contributed by atoms with E-state index >= 15 is 0 Å². The van der Waals surface area contributed by atoms with Gasteiger partial charge in [0.2, 0.25) is 5.75 Å². The molecule has 0 saturated heterocycles. The van der Waals surface area contributed by atoms with Crippen molar-refractivity contribution in [3.8, 4) is 28.5 Å². The minimum Gasteiger partial charge on any atom is -0.493 e. The van der Waals surface area contributed by atoms with Crippen LogP contribution in [0.3, 0.4) is 0 Å². The zero-order valence-electron chi connectivity index (χ0n) is 17.6. The predicted molar refractivity (Wildman–Crippen MR) is 121 cm³/mol. The summed E-state index contributed by atoms with van der Waals surface area (Å²) >= 11 is 6.05. The average molecular weight is 440 g/mol. The monoisotopic (exact) mass is 439 g/mol. The number of pyridine rings is 1. The molecule has 2 aromatic carbocycles. The molecule has 3 aromatic rings. The van der Waals surface area contributed by atoms with Gasteiger partial charge < -0.3 is 14.2 Å². The van der Waals surface area contributed by atoms with E-state index in [0.717, 1.165) is 11.3 Å². The molecule has 8 heteroatoms. The number of ether oxygens (including phenoxy) is 3. The van der Waals surface area contributed by atoms with Gasteiger partial charge in [-0.2, -0.15) is 5.10 Å². The molecule has 0 aliphatic rings. The van der Waals surface area contributed by atoms with Crippen molar-refractivity contribution in [2.24, 2.45) is 5.10 Å². The molecule has 0 unspecified atom stereocenters. The summed E-state index contributed by atoms with van der Waals surface area (Å²) in [4.78, 5) is 17.1. The molecule has 0 bridgehead atoms. The van der Waals surface area contributed by atoms with E-state index in [1.54, 1.807) is 37.3 Å². The quantitative estimate of drug-likeness (QED) is 0.433. The lowest BCUT2D eigenvalue weighted by molar-refractivity contribution is 0.0954. The number of benzene rings is 2. The molecule has 0 radical (unpaired) electrons. The van der Waals surface area contributed by atoms with Crippen molar-refractivity contribution in [2.75, 3.05) is 21.3 Å². The van der Waals surface area contributed by atoms with Gasteiger partial charge in [0.1, 0.15) is 0 Å². The van der Waals surface area contributed by atoms with Crippen LogP contribution in [-0.4, -0.2) is 38.4 Å². The van der Waals surface area contributed by atoms with E-state index in [9.17, 15) is 4.79 Å². The molecule has 31 heavy (non-hydrogen) atoms. The average Bonchev–Trinajstić information content (AvgIpc) is 2.78. The number of carbonyl (C=O) groups excluding carboxylic acids is 1. The van der Waals surface area contributed by atoms with Gasteiger partial charge in [0, 0.05) is 16.1 Å². The molecule has 7 nitrogen and oxygen atoms in total. The Labute approximate surface area is 185 Å². The van der Waals surface area contributed by atoms with Crippen molar-refractivity contribution in [3.05, 3.63) is 70.4 Å². The number of hydrogen-bond donors (Lipinski definition) is 1. The highest BCUT2D eigenvalue weighted by Gasteiger charge is 2.13. The van der Waals surface area contributed by atoms with Gasteiger partial charge in [0.05, 0.1) is 44.5 Å². The minimum absolute atomic E-state index is 0.369. The zero-order chi connectivity index (χ0) is 22.4. The lowest BCUT2D eigenvalue weighted by atomic mass is 10.1. The summed E-state index contributed by atoms with van der Waals surface area (Å²) in [6.45, 7) is 1.77. The normalized spacial score (nSPS) is 10.7. The second-order valence-corrected chi connectivity index (χ2v) is 6.93. The van der Waals surface area contributed by atoms with Gasteiger partial charge in [-0.15, -0.1) is 0 Å². The van der Waals surface area contributed by atoms with Crippen LogP contribution in [0.4, 0.5) is 0 Å². The number of hydrazone groups is 1. The molecular weight excluding hydrogens is 418 g/mol. The number of hydrogen-bond acceptors (Lipinski definition) is 6. The molecule has 1 N–H and O–H groups in total. The summed E-state index contributed by atoms with van der Waals surface area (Å²) in [5.74, 6) is 1.09. The van der Waals surface area contributed by atoms with Crippen molar-refractivity contribution in [1.82, 2.24) is 10.4 Å². The van der Waals surface area contributed by atoms with Gasteiger partial charge in [-0.25, -0.2) is 5.43 Å². The van der Waals surface area contributed by atoms with Crippen LogP contribution in [-0.2, 0) is 0 Å². The number of aromatic nitrogens is 1. The van der Waals surface area contributed by atoms with Crippen molar-refractivity contribution in [2.45, 2.75) is 6.92 Å². The van der Waals surface area contributed by atoms with Crippen LogP contribution < -0.4 is 19.6 Å². The van der Waals surface area contributed by atoms with E-state index in [4.69, 9.17) is 25.8 Å². The maximum atomic E-state index is 12.5. The number of methoxy groups -OCH3 is 3. The Morgan fingerprint density at radius 2 is 1.74 bits per heavy atom. The molecule has 0 atom stereocenters. The summed E-state index contributed by atoms with van der Waals surface area (Å²) in [5.41, 5.74) is 5.80. The summed E-state index contributed by atoms with van der Waals surface area (Å²) in [6.07, 6.45) is 1.49. The molecule has 160 valence electrons. The van der Waals surface area contributed by atoms with Crippen LogP contribution in [0.15, 0.2) is 53.6 Å². The number of rotatable bonds is 7. The second kappa shape index (κ2) is 9.95. The van der Waals surface area contributed by atoms with E-state index in [-0.39, 0.29) is 5.91 Å². The van der Waals surface area contributed by atoms with Crippen molar-refractivity contribution < 1.29 is 19.0 Å². The molecule has 1 aromatic heterocycles. The van der Waals surface area contributed by atoms with E-state index in [0.29, 0.717) is 39.1 Å². The molecule has 1 amide bonds. The van der Waals surface area contributed by atoms with Crippen LogP contribution in [0, 0.1) is 6.92 Å². The van der Waals surface area contributed by atoms with E-state index in [1.165, 1.54) is 27.5 Å². The van der Waals surface area contributed by atoms with E-state index < -0.39 is 0 Å². The maximum Gasteiger partial charge on any atom is 0.273 e. The smallest absolute Gasteiger partial charge is 0.273 e. The Hall–Kier alpha value is -3.58. The van der Waals surface area contributed by atoms with Gasteiger partial charge in [-0.05, 0) is 43.3 Å². The largest absolute Gasteiger partial charge is 0.493 e. The third-order valence-electron chi connectivity index (χ3n) is 4.52. The van der Waals surface area contributed by atoms with Gasteiger partial charge in [-0.1, -0.05) is 23.7 Å². The van der Waals surface area contributed by atoms with Crippen LogP contribution in [0.25, 0.3) is 11.3 Å². The third-order valence-corrected chi connectivity index (χ3v) is 4.75.